The standard InChI is InChI=1S/C23H25ClN4O/c1-17-21(22(24)28(26-17)16-18-8-4-2-5-9-18)23(29)25-19-10-12-20(13-11-19)27-14-6-3-7-15-27/h2,4-5,8-13H,3,6-7,14-16H2,1H3,(H,25,29). The Kier molecular flexibility index (Phi) is 5.86. The third-order valence-corrected chi connectivity index (χ3v) is 5.70. The molecule has 29 heavy (non-hydrogen) atoms. The highest BCUT2D eigenvalue weighted by molar-refractivity contribution is 6.33. The summed E-state index contributed by atoms with van der Waals surface area (Å²) in [5.41, 5.74) is 4.07. The van der Waals surface area contributed by atoms with Crippen LogP contribution in [0.15, 0.2) is 54.6 Å². The van der Waals surface area contributed by atoms with E-state index in [0.29, 0.717) is 23.0 Å². The van der Waals surface area contributed by atoms with Crippen LogP contribution in [-0.2, 0) is 6.54 Å². The molecule has 6 heteroatoms. The first-order valence-corrected chi connectivity index (χ1v) is 10.4. The lowest BCUT2D eigenvalue weighted by Crippen LogP contribution is -2.29. The maximum Gasteiger partial charge on any atom is 0.260 e. The number of benzene rings is 2. The van der Waals surface area contributed by atoms with Crippen LogP contribution in [0, 0.1) is 6.92 Å². The van der Waals surface area contributed by atoms with E-state index in [4.69, 9.17) is 11.6 Å². The topological polar surface area (TPSA) is 50.2 Å². The number of anilines is 2. The van der Waals surface area contributed by atoms with Gasteiger partial charge in [-0.2, -0.15) is 5.10 Å². The van der Waals surface area contributed by atoms with Crippen LogP contribution in [0.25, 0.3) is 0 Å². The number of amides is 1. The van der Waals surface area contributed by atoms with Crippen LogP contribution < -0.4 is 10.2 Å². The molecule has 0 spiro atoms. The fraction of sp³-hybridized carbons (Fsp3) is 0.304. The Labute approximate surface area is 176 Å². The van der Waals surface area contributed by atoms with Gasteiger partial charge in [0, 0.05) is 24.5 Å². The van der Waals surface area contributed by atoms with Gasteiger partial charge in [0.2, 0.25) is 0 Å². The summed E-state index contributed by atoms with van der Waals surface area (Å²) in [4.78, 5) is 15.2. The van der Waals surface area contributed by atoms with Gasteiger partial charge in [-0.15, -0.1) is 0 Å². The molecular formula is C23H25ClN4O. The highest BCUT2D eigenvalue weighted by Crippen LogP contribution is 2.25. The van der Waals surface area contributed by atoms with E-state index in [1.165, 1.54) is 24.9 Å². The molecule has 0 unspecified atom stereocenters. The Balaban J connectivity index is 1.47. The third kappa shape index (κ3) is 4.46. The summed E-state index contributed by atoms with van der Waals surface area (Å²) < 4.78 is 1.67. The summed E-state index contributed by atoms with van der Waals surface area (Å²) in [5.74, 6) is -0.238. The Hall–Kier alpha value is -2.79. The molecule has 1 N–H and O–H groups in total. The summed E-state index contributed by atoms with van der Waals surface area (Å²) in [6.45, 7) is 4.53. The quantitative estimate of drug-likeness (QED) is 0.636. The van der Waals surface area contributed by atoms with Crippen LogP contribution in [0.4, 0.5) is 11.4 Å². The van der Waals surface area contributed by atoms with Crippen LogP contribution in [0.2, 0.25) is 5.15 Å². The lowest BCUT2D eigenvalue weighted by molar-refractivity contribution is 0.102. The second-order valence-corrected chi connectivity index (χ2v) is 7.80. The number of carbonyl (C=O) groups is 1. The van der Waals surface area contributed by atoms with Crippen LogP contribution in [0.1, 0.15) is 40.9 Å². The van der Waals surface area contributed by atoms with Gasteiger partial charge in [0.25, 0.3) is 5.91 Å². The fourth-order valence-corrected chi connectivity index (χ4v) is 4.09. The summed E-state index contributed by atoms with van der Waals surface area (Å²) in [6, 6.07) is 18.0. The Morgan fingerprint density at radius 3 is 2.41 bits per heavy atom. The predicted octanol–water partition coefficient (Wildman–Crippen LogP) is 5.14. The smallest absolute Gasteiger partial charge is 0.260 e. The van der Waals surface area contributed by atoms with Crippen molar-refractivity contribution in [3.05, 3.63) is 76.6 Å². The van der Waals surface area contributed by atoms with E-state index in [2.05, 4.69) is 27.4 Å². The molecule has 150 valence electrons. The number of piperidine rings is 1. The van der Waals surface area contributed by atoms with E-state index in [1.807, 2.05) is 49.4 Å². The highest BCUT2D eigenvalue weighted by atomic mass is 35.5. The van der Waals surface area contributed by atoms with Gasteiger partial charge in [0.15, 0.2) is 0 Å². The zero-order chi connectivity index (χ0) is 20.2. The number of hydrogen-bond acceptors (Lipinski definition) is 3. The van der Waals surface area contributed by atoms with Crippen molar-refractivity contribution >= 4 is 28.9 Å². The van der Waals surface area contributed by atoms with E-state index in [-0.39, 0.29) is 5.91 Å². The van der Waals surface area contributed by atoms with Crippen molar-refractivity contribution in [2.24, 2.45) is 0 Å². The van der Waals surface area contributed by atoms with Crippen LogP contribution >= 0.6 is 11.6 Å². The maximum atomic E-state index is 12.8. The number of aryl methyl sites for hydroxylation is 1. The molecule has 1 amide bonds. The van der Waals surface area contributed by atoms with Gasteiger partial charge >= 0.3 is 0 Å². The molecule has 0 aliphatic carbocycles. The van der Waals surface area contributed by atoms with E-state index in [9.17, 15) is 4.79 Å². The number of aromatic nitrogens is 2. The molecule has 0 atom stereocenters. The molecule has 0 saturated carbocycles. The van der Waals surface area contributed by atoms with Crippen LogP contribution in [-0.4, -0.2) is 28.8 Å². The number of halogens is 1. The normalized spacial score (nSPS) is 14.1. The summed E-state index contributed by atoms with van der Waals surface area (Å²) >= 11 is 6.50. The zero-order valence-electron chi connectivity index (χ0n) is 16.6. The second-order valence-electron chi connectivity index (χ2n) is 7.44. The minimum Gasteiger partial charge on any atom is -0.372 e. The third-order valence-electron chi connectivity index (χ3n) is 5.31. The lowest BCUT2D eigenvalue weighted by Gasteiger charge is -2.28. The molecule has 3 aromatic rings. The van der Waals surface area contributed by atoms with E-state index in [0.717, 1.165) is 24.3 Å². The lowest BCUT2D eigenvalue weighted by atomic mass is 10.1. The average Bonchev–Trinajstić information content (AvgIpc) is 3.03. The Morgan fingerprint density at radius 1 is 1.03 bits per heavy atom. The molecule has 5 nitrogen and oxygen atoms in total. The largest absolute Gasteiger partial charge is 0.372 e. The molecule has 4 rings (SSSR count). The Morgan fingerprint density at radius 2 is 1.72 bits per heavy atom. The summed E-state index contributed by atoms with van der Waals surface area (Å²) in [5, 5.41) is 7.77. The molecule has 1 aromatic heterocycles. The van der Waals surface area contributed by atoms with Gasteiger partial charge < -0.3 is 10.2 Å². The first-order chi connectivity index (χ1) is 14.1. The molecular weight excluding hydrogens is 384 g/mol. The van der Waals surface area contributed by atoms with Crippen molar-refractivity contribution in [1.82, 2.24) is 9.78 Å². The molecule has 0 bridgehead atoms. The molecule has 1 saturated heterocycles. The maximum absolute atomic E-state index is 12.8. The molecule has 2 aromatic carbocycles. The molecule has 2 heterocycles. The van der Waals surface area contributed by atoms with Gasteiger partial charge in [-0.25, -0.2) is 4.68 Å². The van der Waals surface area contributed by atoms with Gasteiger partial charge in [0.05, 0.1) is 17.8 Å². The zero-order valence-corrected chi connectivity index (χ0v) is 17.3. The minimum absolute atomic E-state index is 0.238. The first kappa shape index (κ1) is 19.5. The van der Waals surface area contributed by atoms with Gasteiger partial charge in [0.1, 0.15) is 5.15 Å². The fourth-order valence-electron chi connectivity index (χ4n) is 3.77. The van der Waals surface area contributed by atoms with Crippen molar-refractivity contribution in [1.29, 1.82) is 0 Å². The summed E-state index contributed by atoms with van der Waals surface area (Å²) in [6.07, 6.45) is 3.79. The second kappa shape index (κ2) is 8.70. The van der Waals surface area contributed by atoms with Crippen molar-refractivity contribution in [2.75, 3.05) is 23.3 Å². The molecule has 1 aliphatic heterocycles. The number of nitrogens with zero attached hydrogens (tertiary/aromatic N) is 3. The van der Waals surface area contributed by atoms with Crippen molar-refractivity contribution in [3.8, 4) is 0 Å². The average molecular weight is 409 g/mol. The SMILES string of the molecule is Cc1nn(Cc2ccccc2)c(Cl)c1C(=O)Nc1ccc(N2CCCCC2)cc1. The number of hydrogen-bond donors (Lipinski definition) is 1. The highest BCUT2D eigenvalue weighted by Gasteiger charge is 2.21. The summed E-state index contributed by atoms with van der Waals surface area (Å²) in [7, 11) is 0. The van der Waals surface area contributed by atoms with Crippen LogP contribution in [0.3, 0.4) is 0 Å². The van der Waals surface area contributed by atoms with Gasteiger partial charge in [-0.1, -0.05) is 41.9 Å². The minimum atomic E-state index is -0.238. The van der Waals surface area contributed by atoms with Gasteiger partial charge in [-0.05, 0) is 56.0 Å². The van der Waals surface area contributed by atoms with E-state index >= 15 is 0 Å². The Bertz CT molecular complexity index is 976. The van der Waals surface area contributed by atoms with E-state index in [1.54, 1.807) is 4.68 Å². The number of rotatable bonds is 5. The number of nitrogens with one attached hydrogen (secondary N) is 1. The number of carbonyl (C=O) groups excluding carboxylic acids is 1. The van der Waals surface area contributed by atoms with Crippen molar-refractivity contribution in [2.45, 2.75) is 32.7 Å². The van der Waals surface area contributed by atoms with Gasteiger partial charge in [-0.3, -0.25) is 4.79 Å². The predicted molar refractivity (Wildman–Crippen MR) is 118 cm³/mol. The molecule has 1 aliphatic rings. The first-order valence-electron chi connectivity index (χ1n) is 10.0. The van der Waals surface area contributed by atoms with E-state index < -0.39 is 0 Å². The van der Waals surface area contributed by atoms with Crippen molar-refractivity contribution < 1.29 is 4.79 Å². The molecule has 0 radical (unpaired) electrons. The van der Waals surface area contributed by atoms with Crippen molar-refractivity contribution in [3.63, 3.8) is 0 Å². The monoisotopic (exact) mass is 408 g/mol. The van der Waals surface area contributed by atoms with Crippen LogP contribution in [0.5, 0.6) is 0 Å². The molecule has 1 fully saturated rings.